The number of nitrogens with zero attached hydrogens (tertiary/aromatic N) is 2. The fourth-order valence-corrected chi connectivity index (χ4v) is 3.51. The van der Waals surface area contributed by atoms with Gasteiger partial charge in [-0.05, 0) is 23.8 Å². The number of rotatable bonds is 6. The second-order valence-corrected chi connectivity index (χ2v) is 9.05. The van der Waals surface area contributed by atoms with Gasteiger partial charge >= 0.3 is 0 Å². The van der Waals surface area contributed by atoms with Crippen molar-refractivity contribution >= 4 is 58.0 Å². The second kappa shape index (κ2) is 9.04. The molecule has 0 spiro atoms. The Balaban J connectivity index is 1.81. The first kappa shape index (κ1) is 20.8. The Hall–Kier alpha value is -0.940. The zero-order valence-electron chi connectivity index (χ0n) is 14.0. The van der Waals surface area contributed by atoms with Gasteiger partial charge in [0.05, 0.1) is 19.5 Å². The highest BCUT2D eigenvalue weighted by Gasteiger charge is 2.23. The van der Waals surface area contributed by atoms with E-state index in [4.69, 9.17) is 62.7 Å². The molecule has 0 N–H and O–H groups in total. The third-order valence-electron chi connectivity index (χ3n) is 3.95. The van der Waals surface area contributed by atoms with E-state index in [-0.39, 0.29) is 6.10 Å². The smallest absolute Gasteiger partial charge is 0.216 e. The van der Waals surface area contributed by atoms with E-state index in [1.165, 1.54) is 0 Å². The zero-order valence-corrected chi connectivity index (χ0v) is 17.7. The Morgan fingerprint density at radius 1 is 1.07 bits per heavy atom. The molecule has 1 atom stereocenters. The summed E-state index contributed by atoms with van der Waals surface area (Å²) >= 11 is 30.3. The van der Waals surface area contributed by atoms with Crippen molar-refractivity contribution in [1.82, 2.24) is 9.55 Å². The number of imidazole rings is 1. The number of halogens is 5. The second-order valence-electron chi connectivity index (χ2n) is 5.92. The van der Waals surface area contributed by atoms with Crippen LogP contribution < -0.4 is 0 Å². The summed E-state index contributed by atoms with van der Waals surface area (Å²) < 4.78 is 6.61. The van der Waals surface area contributed by atoms with Gasteiger partial charge in [0, 0.05) is 33.6 Å². The minimum absolute atomic E-state index is 0.305. The first-order chi connectivity index (χ1) is 12.8. The summed E-state index contributed by atoms with van der Waals surface area (Å²) in [6.45, 7) is 0.873. The molecule has 0 fully saturated rings. The van der Waals surface area contributed by atoms with Crippen molar-refractivity contribution in [2.45, 2.75) is 23.0 Å². The van der Waals surface area contributed by atoms with E-state index in [1.54, 1.807) is 30.7 Å². The van der Waals surface area contributed by atoms with Crippen molar-refractivity contribution in [3.8, 4) is 0 Å². The number of alkyl halides is 3. The van der Waals surface area contributed by atoms with Crippen LogP contribution in [0.15, 0.2) is 61.2 Å². The minimum atomic E-state index is -1.48. The van der Waals surface area contributed by atoms with E-state index in [2.05, 4.69) is 4.98 Å². The molecule has 0 saturated carbocycles. The fraction of sp³-hybridized carbons (Fsp3) is 0.211. The number of benzene rings is 2. The maximum absolute atomic E-state index is 6.39. The molecule has 1 aromatic heterocycles. The molecule has 0 amide bonds. The van der Waals surface area contributed by atoms with E-state index in [0.717, 1.165) is 11.1 Å². The third-order valence-corrected chi connectivity index (χ3v) is 5.17. The lowest BCUT2D eigenvalue weighted by Crippen LogP contribution is -2.13. The highest BCUT2D eigenvalue weighted by atomic mass is 35.6. The summed E-state index contributed by atoms with van der Waals surface area (Å²) in [5, 5.41) is 1.11. The van der Waals surface area contributed by atoms with E-state index in [9.17, 15) is 0 Å². The Kier molecular flexibility index (Phi) is 6.96. The van der Waals surface area contributed by atoms with E-state index < -0.39 is 3.79 Å². The molecule has 0 saturated heterocycles. The highest BCUT2D eigenvalue weighted by molar-refractivity contribution is 6.66. The van der Waals surface area contributed by atoms with Crippen LogP contribution in [0, 0.1) is 0 Å². The van der Waals surface area contributed by atoms with Crippen molar-refractivity contribution < 1.29 is 4.74 Å². The van der Waals surface area contributed by atoms with E-state index in [0.29, 0.717) is 28.8 Å². The van der Waals surface area contributed by atoms with Crippen molar-refractivity contribution in [2.24, 2.45) is 0 Å². The molecular formula is C19H15Cl5N2O. The average Bonchev–Trinajstić information content (AvgIpc) is 3.11. The van der Waals surface area contributed by atoms with Gasteiger partial charge in [0.25, 0.3) is 0 Å². The zero-order chi connectivity index (χ0) is 19.4. The molecule has 1 heterocycles. The predicted octanol–water partition coefficient (Wildman–Crippen LogP) is 6.97. The lowest BCUT2D eigenvalue weighted by molar-refractivity contribution is 0.0280. The van der Waals surface area contributed by atoms with Crippen LogP contribution in [0.25, 0.3) is 0 Å². The monoisotopic (exact) mass is 462 g/mol. The van der Waals surface area contributed by atoms with Crippen LogP contribution in [0.3, 0.4) is 0 Å². The number of hydrogen-bond donors (Lipinski definition) is 0. The van der Waals surface area contributed by atoms with Gasteiger partial charge in [0.1, 0.15) is 6.10 Å². The highest BCUT2D eigenvalue weighted by Crippen LogP contribution is 2.38. The summed E-state index contributed by atoms with van der Waals surface area (Å²) in [7, 11) is 0. The molecule has 0 radical (unpaired) electrons. The molecule has 3 aromatic rings. The number of hydrogen-bond acceptors (Lipinski definition) is 2. The van der Waals surface area contributed by atoms with Gasteiger partial charge < -0.3 is 9.30 Å². The maximum Gasteiger partial charge on any atom is 0.216 e. The van der Waals surface area contributed by atoms with Crippen LogP contribution in [0.5, 0.6) is 0 Å². The maximum atomic E-state index is 6.39. The molecule has 0 aliphatic heterocycles. The molecule has 2 aromatic carbocycles. The van der Waals surface area contributed by atoms with Crippen molar-refractivity contribution in [3.05, 3.63) is 87.9 Å². The summed E-state index contributed by atoms with van der Waals surface area (Å²) in [6.07, 6.45) is 5.00. The first-order valence-electron chi connectivity index (χ1n) is 8.01. The molecule has 8 heteroatoms. The van der Waals surface area contributed by atoms with E-state index in [1.807, 2.05) is 35.0 Å². The molecule has 0 aliphatic rings. The molecule has 3 rings (SSSR count). The van der Waals surface area contributed by atoms with Crippen LogP contribution >= 0.6 is 58.0 Å². The molecule has 1 unspecified atom stereocenters. The summed E-state index contributed by atoms with van der Waals surface area (Å²) in [4.78, 5) is 4.07. The lowest BCUT2D eigenvalue weighted by Gasteiger charge is -2.21. The summed E-state index contributed by atoms with van der Waals surface area (Å²) in [5.41, 5.74) is 2.32. The van der Waals surface area contributed by atoms with Crippen LogP contribution in [0.4, 0.5) is 0 Å². The predicted molar refractivity (Wildman–Crippen MR) is 112 cm³/mol. The van der Waals surface area contributed by atoms with Crippen molar-refractivity contribution in [3.63, 3.8) is 0 Å². The molecule has 142 valence electrons. The van der Waals surface area contributed by atoms with Gasteiger partial charge in [-0.15, -0.1) is 0 Å². The van der Waals surface area contributed by atoms with Gasteiger partial charge in [-0.3, -0.25) is 0 Å². The van der Waals surface area contributed by atoms with Crippen molar-refractivity contribution in [2.75, 3.05) is 0 Å². The lowest BCUT2D eigenvalue weighted by atomic mass is 10.1. The number of aromatic nitrogens is 2. The number of ether oxygens (including phenoxy) is 1. The Labute approximate surface area is 182 Å². The third kappa shape index (κ3) is 5.77. The quantitative estimate of drug-likeness (QED) is 0.368. The molecular weight excluding hydrogens is 449 g/mol. The summed E-state index contributed by atoms with van der Waals surface area (Å²) in [6, 6.07) is 12.7. The SMILES string of the molecule is Clc1ccc(C(Cn2ccnc2)OCc2cccc(C(Cl)(Cl)Cl)c2)c(Cl)c1. The largest absolute Gasteiger partial charge is 0.367 e. The Morgan fingerprint density at radius 3 is 2.56 bits per heavy atom. The molecule has 0 bridgehead atoms. The summed E-state index contributed by atoms with van der Waals surface area (Å²) in [5.74, 6) is 0. The molecule has 0 aliphatic carbocycles. The fourth-order valence-electron chi connectivity index (χ4n) is 2.62. The topological polar surface area (TPSA) is 27.1 Å². The van der Waals surface area contributed by atoms with E-state index >= 15 is 0 Å². The minimum Gasteiger partial charge on any atom is -0.367 e. The normalized spacial score (nSPS) is 12.9. The Bertz CT molecular complexity index is 893. The van der Waals surface area contributed by atoms with Crippen LogP contribution in [-0.4, -0.2) is 9.55 Å². The van der Waals surface area contributed by atoms with Gasteiger partial charge in [0.15, 0.2) is 0 Å². The average molecular weight is 465 g/mol. The Morgan fingerprint density at radius 2 is 1.89 bits per heavy atom. The first-order valence-corrected chi connectivity index (χ1v) is 9.90. The molecule has 3 nitrogen and oxygen atoms in total. The molecule has 27 heavy (non-hydrogen) atoms. The standard InChI is InChI=1S/C19H15Cl5N2O/c20-15-4-5-16(17(21)9-15)18(10-26-7-6-25-12-26)27-11-13-2-1-3-14(8-13)19(22,23)24/h1-9,12,18H,10-11H2. The van der Waals surface area contributed by atoms with Crippen LogP contribution in [0.1, 0.15) is 22.8 Å². The van der Waals surface area contributed by atoms with Crippen LogP contribution in [0.2, 0.25) is 10.0 Å². The van der Waals surface area contributed by atoms with Gasteiger partial charge in [0.2, 0.25) is 3.79 Å². The van der Waals surface area contributed by atoms with Gasteiger partial charge in [-0.2, -0.15) is 0 Å². The van der Waals surface area contributed by atoms with Gasteiger partial charge in [-0.1, -0.05) is 82.3 Å². The van der Waals surface area contributed by atoms with Gasteiger partial charge in [-0.25, -0.2) is 4.98 Å². The van der Waals surface area contributed by atoms with Crippen LogP contribution in [-0.2, 0) is 21.7 Å². The van der Waals surface area contributed by atoms with Crippen molar-refractivity contribution in [1.29, 1.82) is 0 Å².